The molecule has 0 N–H and O–H groups in total. The fraction of sp³-hybridized carbons (Fsp3) is 0.0508. The maximum atomic E-state index is 2.53. The van der Waals surface area contributed by atoms with Crippen molar-refractivity contribution in [1.82, 2.24) is 0 Å². The lowest BCUT2D eigenvalue weighted by Gasteiger charge is -2.30. The zero-order valence-corrected chi connectivity index (χ0v) is 67.5. The number of hydrogen-bond acceptors (Lipinski definition) is 2. The Hall–Kier alpha value is -15.0. The maximum absolute atomic E-state index is 2.53. The fourth-order valence-corrected chi connectivity index (χ4v) is 19.7. The van der Waals surface area contributed by atoms with E-state index < -0.39 is 0 Å². The molecule has 0 bridgehead atoms. The highest BCUT2D eigenvalue weighted by Crippen LogP contribution is 2.56. The molecule has 20 aromatic rings. The average Bonchev–Trinajstić information content (AvgIpc) is 1.69. The van der Waals surface area contributed by atoms with Crippen molar-refractivity contribution in [3.8, 4) is 122 Å². The minimum Gasteiger partial charge on any atom is -0.310 e. The van der Waals surface area contributed by atoms with E-state index in [9.17, 15) is 0 Å². The van der Waals surface area contributed by atoms with Crippen molar-refractivity contribution in [3.63, 3.8) is 0 Å². The summed E-state index contributed by atoms with van der Waals surface area (Å²) >= 11 is 0. The van der Waals surface area contributed by atoms with E-state index in [4.69, 9.17) is 0 Å². The Balaban J connectivity index is 0.621. The topological polar surface area (TPSA) is 6.48 Å². The molecule has 2 aliphatic rings. The molecule has 0 radical (unpaired) electrons. The quantitative estimate of drug-likeness (QED) is 0.0944. The number of hydrogen-bond donors (Lipinski definition) is 0. The summed E-state index contributed by atoms with van der Waals surface area (Å²) in [4.78, 5) is 5.05. The van der Waals surface area contributed by atoms with Crippen LogP contribution in [0, 0.1) is 0 Å². The molecule has 0 atom stereocenters. The summed E-state index contributed by atoms with van der Waals surface area (Å²) in [5.41, 5.74) is 37.7. The van der Waals surface area contributed by atoms with Crippen molar-refractivity contribution in [3.05, 3.63) is 459 Å². The van der Waals surface area contributed by atoms with Crippen molar-refractivity contribution in [2.45, 2.75) is 38.5 Å². The number of nitrogens with zero attached hydrogens (tertiary/aromatic N) is 2. The molecule has 120 heavy (non-hydrogen) atoms. The summed E-state index contributed by atoms with van der Waals surface area (Å²) in [7, 11) is 0. The van der Waals surface area contributed by atoms with Crippen LogP contribution in [0.3, 0.4) is 0 Å². The predicted octanol–water partition coefficient (Wildman–Crippen LogP) is 32.9. The standard InChI is InChI=1S/C118H84N2/c1-117(2)111-46-25-24-43-103(111)105-67-62-93(75-113(105)117)119(115-71-89-33-14-16-38-96(89)100-41-20-22-44-107(100)115)91-60-65-98(88-36-26-35-86(69-88)78-29-10-6-11-30-78)109(73-91)84-55-53-81(54-56-84)80-47-49-82(50-48-80)87-59-64-104-106-68-63-94(76-114(106)118(3,4)112(104)70-87)120(116-72-90-34-15-17-39-97(90)101-42-21-23-45-108(101)116)92-61-66-102(99-40-19-18-37-95(99)83-31-12-7-13-32-83)110(74-92)85-57-51-79(52-58-85)77-27-8-5-9-28-77/h5-76H,1-4H3. The molecule has 0 unspecified atom stereocenters. The molecular formula is C118H84N2. The summed E-state index contributed by atoms with van der Waals surface area (Å²) in [6.07, 6.45) is 0. The highest BCUT2D eigenvalue weighted by molar-refractivity contribution is 6.17. The van der Waals surface area contributed by atoms with Crippen molar-refractivity contribution in [1.29, 1.82) is 0 Å². The Morgan fingerprint density at radius 1 is 0.150 bits per heavy atom. The highest BCUT2D eigenvalue weighted by Gasteiger charge is 2.39. The van der Waals surface area contributed by atoms with Gasteiger partial charge in [0.2, 0.25) is 0 Å². The number of anilines is 6. The molecule has 0 spiro atoms. The van der Waals surface area contributed by atoms with Gasteiger partial charge < -0.3 is 9.80 Å². The minimum absolute atomic E-state index is 0.194. The van der Waals surface area contributed by atoms with Crippen LogP contribution in [0.4, 0.5) is 34.1 Å². The summed E-state index contributed by atoms with van der Waals surface area (Å²) in [6, 6.07) is 163. The summed E-state index contributed by atoms with van der Waals surface area (Å²) in [5.74, 6) is 0. The average molecular weight is 1530 g/mol. The van der Waals surface area contributed by atoms with Gasteiger partial charge in [0.15, 0.2) is 0 Å². The van der Waals surface area contributed by atoms with Crippen molar-refractivity contribution < 1.29 is 0 Å². The lowest BCUT2D eigenvalue weighted by molar-refractivity contribution is 0.660. The molecule has 2 nitrogen and oxygen atoms in total. The fourth-order valence-electron chi connectivity index (χ4n) is 19.7. The zero-order chi connectivity index (χ0) is 80.2. The SMILES string of the molecule is CC1(C)c2ccccc2-c2ccc(N(c3ccc(-c4cccc(-c5ccccc5)c4)c(-c4ccc(-c5ccc(-c6ccc7c(c6)C(C)(C)c6cc(N(c8ccc(-c9ccccc9-c9ccccc9)c(-c9ccc(-c%10ccccc%10)cc9)c8)c8cc9ccccc9c9ccccc89)ccc6-7)cc5)cc4)c3)c3cc4ccccc4c4ccccc34)cc21. The highest BCUT2D eigenvalue weighted by atomic mass is 15.2. The van der Waals surface area contributed by atoms with Crippen molar-refractivity contribution in [2.75, 3.05) is 9.80 Å². The summed E-state index contributed by atoms with van der Waals surface area (Å²) in [5, 5.41) is 9.71. The first-order valence-electron chi connectivity index (χ1n) is 41.9. The molecule has 0 fully saturated rings. The molecule has 22 rings (SSSR count). The monoisotopic (exact) mass is 1530 g/mol. The van der Waals surface area contributed by atoms with Gasteiger partial charge >= 0.3 is 0 Å². The van der Waals surface area contributed by atoms with Gasteiger partial charge in [-0.1, -0.05) is 392 Å². The van der Waals surface area contributed by atoms with E-state index in [1.807, 2.05) is 0 Å². The Bertz CT molecular complexity index is 7420. The third kappa shape index (κ3) is 12.2. The summed E-state index contributed by atoms with van der Waals surface area (Å²) < 4.78 is 0. The van der Waals surface area contributed by atoms with Gasteiger partial charge in [-0.25, -0.2) is 0 Å². The van der Waals surface area contributed by atoms with Crippen LogP contribution in [0.1, 0.15) is 49.9 Å². The molecule has 20 aromatic carbocycles. The predicted molar refractivity (Wildman–Crippen MR) is 510 cm³/mol. The zero-order valence-electron chi connectivity index (χ0n) is 67.5. The smallest absolute Gasteiger partial charge is 0.0546 e. The second-order valence-electron chi connectivity index (χ2n) is 33.4. The Morgan fingerprint density at radius 2 is 0.433 bits per heavy atom. The molecule has 0 aliphatic heterocycles. The van der Waals surface area contributed by atoms with E-state index in [1.165, 1.54) is 149 Å². The van der Waals surface area contributed by atoms with Crippen LogP contribution in [0.15, 0.2) is 437 Å². The number of fused-ring (bicyclic) bond motifs is 12. The Kier molecular flexibility index (Phi) is 17.3. The molecule has 0 aromatic heterocycles. The second-order valence-corrected chi connectivity index (χ2v) is 33.4. The van der Waals surface area contributed by atoms with Crippen molar-refractivity contribution in [2.24, 2.45) is 0 Å². The lowest BCUT2D eigenvalue weighted by Crippen LogP contribution is -2.17. The number of rotatable bonds is 15. The van der Waals surface area contributed by atoms with Crippen LogP contribution in [0.2, 0.25) is 0 Å². The summed E-state index contributed by atoms with van der Waals surface area (Å²) in [6.45, 7) is 9.60. The van der Waals surface area contributed by atoms with Crippen molar-refractivity contribution >= 4 is 77.2 Å². The lowest BCUT2D eigenvalue weighted by atomic mass is 9.81. The molecule has 0 saturated heterocycles. The van der Waals surface area contributed by atoms with Crippen LogP contribution in [0.25, 0.3) is 165 Å². The number of benzene rings is 20. The first-order valence-corrected chi connectivity index (χ1v) is 41.9. The van der Waals surface area contributed by atoms with Gasteiger partial charge in [0.05, 0.1) is 11.4 Å². The third-order valence-electron chi connectivity index (χ3n) is 25.9. The van der Waals surface area contributed by atoms with E-state index >= 15 is 0 Å². The van der Waals surface area contributed by atoms with Crippen LogP contribution in [-0.2, 0) is 10.8 Å². The molecule has 0 saturated carbocycles. The van der Waals surface area contributed by atoms with Crippen LogP contribution in [-0.4, -0.2) is 0 Å². The van der Waals surface area contributed by atoms with Gasteiger partial charge in [-0.05, 0) is 250 Å². The van der Waals surface area contributed by atoms with Crippen LogP contribution < -0.4 is 9.80 Å². The first kappa shape index (κ1) is 71.6. The van der Waals surface area contributed by atoms with Gasteiger partial charge in [0.1, 0.15) is 0 Å². The molecule has 566 valence electrons. The van der Waals surface area contributed by atoms with Crippen LogP contribution >= 0.6 is 0 Å². The Morgan fingerprint density at radius 3 is 0.950 bits per heavy atom. The normalized spacial score (nSPS) is 12.8. The largest absolute Gasteiger partial charge is 0.310 e. The van der Waals surface area contributed by atoms with Gasteiger partial charge in [-0.2, -0.15) is 0 Å². The van der Waals surface area contributed by atoms with E-state index in [2.05, 4.69) is 474 Å². The van der Waals surface area contributed by atoms with Gasteiger partial charge in [-0.15, -0.1) is 0 Å². The van der Waals surface area contributed by atoms with Gasteiger partial charge in [0, 0.05) is 44.4 Å². The van der Waals surface area contributed by atoms with Gasteiger partial charge in [0.25, 0.3) is 0 Å². The van der Waals surface area contributed by atoms with E-state index in [0.29, 0.717) is 0 Å². The Labute approximate surface area is 702 Å². The maximum Gasteiger partial charge on any atom is 0.0546 e. The third-order valence-corrected chi connectivity index (χ3v) is 25.9. The van der Waals surface area contributed by atoms with Gasteiger partial charge in [-0.3, -0.25) is 0 Å². The molecule has 0 amide bonds. The van der Waals surface area contributed by atoms with Crippen LogP contribution in [0.5, 0.6) is 0 Å². The van der Waals surface area contributed by atoms with E-state index in [1.54, 1.807) is 0 Å². The van der Waals surface area contributed by atoms with E-state index in [0.717, 1.165) is 73.1 Å². The molecule has 2 heteroatoms. The first-order chi connectivity index (χ1) is 59.0. The second kappa shape index (κ2) is 29.0. The molecular weight excluding hydrogens is 1450 g/mol. The van der Waals surface area contributed by atoms with E-state index in [-0.39, 0.29) is 10.8 Å². The molecule has 0 heterocycles. The minimum atomic E-state index is -0.342. The molecule has 2 aliphatic carbocycles.